The lowest BCUT2D eigenvalue weighted by Gasteiger charge is -2.15. The van der Waals surface area contributed by atoms with Crippen LogP contribution in [0.1, 0.15) is 19.8 Å². The normalized spacial score (nSPS) is 10.3. The van der Waals surface area contributed by atoms with Gasteiger partial charge in [-0.05, 0) is 6.42 Å². The van der Waals surface area contributed by atoms with Gasteiger partial charge < -0.3 is 15.4 Å². The maximum Gasteiger partial charge on any atom is 0.139 e. The van der Waals surface area contributed by atoms with E-state index in [4.69, 9.17) is 5.73 Å². The van der Waals surface area contributed by atoms with Gasteiger partial charge in [0.2, 0.25) is 0 Å². The van der Waals surface area contributed by atoms with Gasteiger partial charge in [-0.25, -0.2) is 0 Å². The molecule has 0 unspecified atom stereocenters. The molecule has 0 heterocycles. The topological polar surface area (TPSA) is 46.3 Å². The van der Waals surface area contributed by atoms with E-state index in [0.29, 0.717) is 6.54 Å². The molecule has 0 aromatic carbocycles. The van der Waals surface area contributed by atoms with E-state index in [1.54, 1.807) is 6.20 Å². The van der Waals surface area contributed by atoms with E-state index in [1.165, 1.54) is 6.20 Å². The van der Waals surface area contributed by atoms with Crippen molar-refractivity contribution in [3.05, 3.63) is 12.4 Å². The predicted molar refractivity (Wildman–Crippen MR) is 45.9 cm³/mol. The number of carbonyl (C=O) groups is 1. The van der Waals surface area contributed by atoms with E-state index in [2.05, 4.69) is 6.92 Å². The fourth-order valence-corrected chi connectivity index (χ4v) is 0.805. The van der Waals surface area contributed by atoms with Crippen LogP contribution in [0.3, 0.4) is 0 Å². The Morgan fingerprint density at radius 1 is 1.55 bits per heavy atom. The molecule has 0 saturated heterocycles. The first-order valence-corrected chi connectivity index (χ1v) is 3.91. The van der Waals surface area contributed by atoms with Crippen molar-refractivity contribution in [1.29, 1.82) is 0 Å². The summed E-state index contributed by atoms with van der Waals surface area (Å²) in [7, 11) is 0. The Kier molecular flexibility index (Phi) is 6.48. The third kappa shape index (κ3) is 5.45. The summed E-state index contributed by atoms with van der Waals surface area (Å²) in [4.78, 5) is 12.0. The molecule has 0 amide bonds. The van der Waals surface area contributed by atoms with Crippen molar-refractivity contribution in [3.63, 3.8) is 0 Å². The van der Waals surface area contributed by atoms with Crippen molar-refractivity contribution < 1.29 is 4.79 Å². The van der Waals surface area contributed by atoms with E-state index < -0.39 is 0 Å². The van der Waals surface area contributed by atoms with E-state index >= 15 is 0 Å². The molecular formula is C8H16N2O. The van der Waals surface area contributed by atoms with Crippen molar-refractivity contribution in [3.8, 4) is 0 Å². The summed E-state index contributed by atoms with van der Waals surface area (Å²) in [5, 5.41) is 0. The zero-order valence-corrected chi connectivity index (χ0v) is 6.99. The summed E-state index contributed by atoms with van der Waals surface area (Å²) >= 11 is 0. The molecule has 0 radical (unpaired) electrons. The van der Waals surface area contributed by atoms with Gasteiger partial charge in [-0.15, -0.1) is 0 Å². The van der Waals surface area contributed by atoms with E-state index in [-0.39, 0.29) is 0 Å². The minimum absolute atomic E-state index is 0.438. The third-order valence-electron chi connectivity index (χ3n) is 1.40. The largest absolute Gasteiger partial charge is 0.403 e. The summed E-state index contributed by atoms with van der Waals surface area (Å²) in [6.07, 6.45) is 6.31. The van der Waals surface area contributed by atoms with Gasteiger partial charge in [0.15, 0.2) is 0 Å². The van der Waals surface area contributed by atoms with Crippen LogP contribution >= 0.6 is 0 Å². The van der Waals surface area contributed by atoms with Gasteiger partial charge in [-0.1, -0.05) is 13.3 Å². The van der Waals surface area contributed by atoms with Crippen LogP contribution in [0.2, 0.25) is 0 Å². The van der Waals surface area contributed by atoms with Gasteiger partial charge in [0.1, 0.15) is 6.29 Å². The number of unbranched alkanes of at least 4 members (excludes halogenated alkanes) is 1. The highest BCUT2D eigenvalue weighted by Gasteiger charge is 1.94. The standard InChI is InChI=1S/C8H16N2O/c1-2-3-5-10(6-4-9)7-8-11/h4,6,8H,2-3,5,7,9H2,1H3/b6-4-. The Hall–Kier alpha value is -0.990. The van der Waals surface area contributed by atoms with Crippen molar-refractivity contribution in [1.82, 2.24) is 4.90 Å². The second kappa shape index (κ2) is 7.12. The van der Waals surface area contributed by atoms with Gasteiger partial charge in [0.05, 0.1) is 6.54 Å². The van der Waals surface area contributed by atoms with Crippen LogP contribution in [0.4, 0.5) is 0 Å². The number of carbonyl (C=O) groups excluding carboxylic acids is 1. The Balaban J connectivity index is 3.59. The highest BCUT2D eigenvalue weighted by atomic mass is 16.1. The first-order chi connectivity index (χ1) is 5.35. The molecule has 0 aliphatic rings. The minimum atomic E-state index is 0.438. The molecule has 0 rings (SSSR count). The van der Waals surface area contributed by atoms with Crippen LogP contribution in [0.25, 0.3) is 0 Å². The highest BCUT2D eigenvalue weighted by molar-refractivity contribution is 5.52. The lowest BCUT2D eigenvalue weighted by atomic mass is 10.3. The van der Waals surface area contributed by atoms with Gasteiger partial charge in [0.25, 0.3) is 0 Å². The molecule has 0 aromatic heterocycles. The molecule has 0 bridgehead atoms. The van der Waals surface area contributed by atoms with Crippen molar-refractivity contribution in [2.24, 2.45) is 5.73 Å². The quantitative estimate of drug-likeness (QED) is 0.576. The molecule has 0 spiro atoms. The zero-order chi connectivity index (χ0) is 8.53. The first-order valence-electron chi connectivity index (χ1n) is 3.91. The lowest BCUT2D eigenvalue weighted by molar-refractivity contribution is -0.108. The number of rotatable bonds is 6. The fourth-order valence-electron chi connectivity index (χ4n) is 0.805. The number of nitrogens with two attached hydrogens (primary N) is 1. The van der Waals surface area contributed by atoms with Gasteiger partial charge in [-0.2, -0.15) is 0 Å². The fraction of sp³-hybridized carbons (Fsp3) is 0.625. The minimum Gasteiger partial charge on any atom is -0.403 e. The maximum absolute atomic E-state index is 10.1. The van der Waals surface area contributed by atoms with Crippen molar-refractivity contribution in [2.45, 2.75) is 19.8 Å². The van der Waals surface area contributed by atoms with Crippen LogP contribution in [0.15, 0.2) is 12.4 Å². The van der Waals surface area contributed by atoms with Crippen LogP contribution in [-0.4, -0.2) is 24.3 Å². The first kappa shape index (κ1) is 10.0. The van der Waals surface area contributed by atoms with Crippen LogP contribution in [0, 0.1) is 0 Å². The second-order valence-electron chi connectivity index (χ2n) is 2.36. The summed E-state index contributed by atoms with van der Waals surface area (Å²) in [6.45, 7) is 3.46. The molecule has 11 heavy (non-hydrogen) atoms. The molecule has 0 saturated carbocycles. The zero-order valence-electron chi connectivity index (χ0n) is 6.99. The Bertz CT molecular complexity index is 123. The van der Waals surface area contributed by atoms with Gasteiger partial charge in [-0.3, -0.25) is 0 Å². The lowest BCUT2D eigenvalue weighted by Crippen LogP contribution is -2.21. The van der Waals surface area contributed by atoms with Crippen LogP contribution < -0.4 is 5.73 Å². The Morgan fingerprint density at radius 2 is 2.27 bits per heavy atom. The monoisotopic (exact) mass is 156 g/mol. The molecule has 3 nitrogen and oxygen atoms in total. The Labute approximate surface area is 67.9 Å². The maximum atomic E-state index is 10.1. The van der Waals surface area contributed by atoms with E-state index in [1.807, 2.05) is 4.90 Å². The summed E-state index contributed by atoms with van der Waals surface area (Å²) in [5.41, 5.74) is 5.19. The number of nitrogens with zero attached hydrogens (tertiary/aromatic N) is 1. The summed E-state index contributed by atoms with van der Waals surface area (Å²) < 4.78 is 0. The Morgan fingerprint density at radius 3 is 2.73 bits per heavy atom. The molecule has 64 valence electrons. The summed E-state index contributed by atoms with van der Waals surface area (Å²) in [5.74, 6) is 0. The molecule has 0 aliphatic carbocycles. The number of hydrogen-bond acceptors (Lipinski definition) is 3. The van der Waals surface area contributed by atoms with E-state index in [0.717, 1.165) is 25.7 Å². The molecule has 0 fully saturated rings. The highest BCUT2D eigenvalue weighted by Crippen LogP contribution is 1.93. The smallest absolute Gasteiger partial charge is 0.139 e. The average molecular weight is 156 g/mol. The molecule has 0 atom stereocenters. The van der Waals surface area contributed by atoms with Crippen LogP contribution in [-0.2, 0) is 4.79 Å². The van der Waals surface area contributed by atoms with Crippen molar-refractivity contribution >= 4 is 6.29 Å². The second-order valence-corrected chi connectivity index (χ2v) is 2.36. The van der Waals surface area contributed by atoms with Crippen molar-refractivity contribution in [2.75, 3.05) is 13.1 Å². The molecule has 2 N–H and O–H groups in total. The number of hydrogen-bond donors (Lipinski definition) is 1. The van der Waals surface area contributed by atoms with Gasteiger partial charge >= 0.3 is 0 Å². The molecule has 0 aromatic rings. The predicted octanol–water partition coefficient (Wildman–Crippen LogP) is 0.717. The molecule has 0 aliphatic heterocycles. The average Bonchev–Trinajstić information content (AvgIpc) is 2.01. The SMILES string of the molecule is CCCCN(/C=C\N)CC=O. The summed E-state index contributed by atoms with van der Waals surface area (Å²) in [6, 6.07) is 0. The molecular weight excluding hydrogens is 140 g/mol. The van der Waals surface area contributed by atoms with Gasteiger partial charge in [0, 0.05) is 18.9 Å². The van der Waals surface area contributed by atoms with Crippen LogP contribution in [0.5, 0.6) is 0 Å². The molecule has 3 heteroatoms. The van der Waals surface area contributed by atoms with E-state index in [9.17, 15) is 4.79 Å². The third-order valence-corrected chi connectivity index (χ3v) is 1.40. The number of aldehydes is 1.